The lowest BCUT2D eigenvalue weighted by Crippen LogP contribution is -2.26. The van der Waals surface area contributed by atoms with E-state index in [0.717, 1.165) is 42.7 Å². The molecular weight excluding hydrogens is 364 g/mol. The molecule has 1 aromatic carbocycles. The summed E-state index contributed by atoms with van der Waals surface area (Å²) < 4.78 is 32.1. The number of aromatic nitrogens is 2. The van der Waals surface area contributed by atoms with Crippen molar-refractivity contribution in [2.24, 2.45) is 0 Å². The minimum Gasteiger partial charge on any atom is -0.476 e. The van der Waals surface area contributed by atoms with Crippen LogP contribution in [0.4, 0.5) is 5.82 Å². The molecule has 1 N–H and O–H groups in total. The second-order valence-electron chi connectivity index (χ2n) is 6.31. The van der Waals surface area contributed by atoms with Gasteiger partial charge in [-0.25, -0.2) is 18.1 Å². The van der Waals surface area contributed by atoms with Crippen molar-refractivity contribution in [2.45, 2.75) is 19.8 Å². The van der Waals surface area contributed by atoms with Crippen LogP contribution in [0.5, 0.6) is 5.88 Å². The molecule has 1 fully saturated rings. The Kier molecular flexibility index (Phi) is 6.41. The van der Waals surface area contributed by atoms with Crippen molar-refractivity contribution in [1.82, 2.24) is 14.7 Å². The van der Waals surface area contributed by atoms with Gasteiger partial charge in [0.05, 0.1) is 0 Å². The van der Waals surface area contributed by atoms with Crippen molar-refractivity contribution in [1.29, 1.82) is 0 Å². The van der Waals surface area contributed by atoms with Crippen LogP contribution in [-0.2, 0) is 10.0 Å². The third-order valence-electron chi connectivity index (χ3n) is 4.13. The molecule has 0 bridgehead atoms. The van der Waals surface area contributed by atoms with Gasteiger partial charge >= 0.3 is 0 Å². The van der Waals surface area contributed by atoms with E-state index in [1.165, 1.54) is 0 Å². The topological polar surface area (TPSA) is 84.4 Å². The number of anilines is 1. The van der Waals surface area contributed by atoms with E-state index in [-0.39, 0.29) is 13.2 Å². The Hall–Kier alpha value is -2.45. The van der Waals surface area contributed by atoms with E-state index in [1.807, 2.05) is 43.3 Å². The molecule has 0 amide bonds. The molecule has 0 aliphatic carbocycles. The van der Waals surface area contributed by atoms with Crippen LogP contribution < -0.4 is 14.4 Å². The van der Waals surface area contributed by atoms with E-state index < -0.39 is 10.0 Å². The van der Waals surface area contributed by atoms with Crippen molar-refractivity contribution < 1.29 is 13.2 Å². The Labute approximate surface area is 160 Å². The van der Waals surface area contributed by atoms with Gasteiger partial charge in [0.15, 0.2) is 0 Å². The quantitative estimate of drug-likeness (QED) is 0.699. The number of nitrogens with one attached hydrogen (secondary N) is 1. The molecule has 2 heterocycles. The zero-order valence-electron chi connectivity index (χ0n) is 15.3. The van der Waals surface area contributed by atoms with E-state index in [2.05, 4.69) is 19.6 Å². The zero-order chi connectivity index (χ0) is 19.1. The van der Waals surface area contributed by atoms with Gasteiger partial charge in [-0.3, -0.25) is 0 Å². The number of aryl methyl sites for hydroxylation is 1. The fraction of sp³-hybridized carbons (Fsp3) is 0.368. The van der Waals surface area contributed by atoms with Crippen molar-refractivity contribution in [3.8, 4) is 5.88 Å². The minimum atomic E-state index is -3.52. The second-order valence-corrected chi connectivity index (χ2v) is 7.96. The predicted octanol–water partition coefficient (Wildman–Crippen LogP) is 2.35. The average molecular weight is 388 g/mol. The molecule has 7 nitrogen and oxygen atoms in total. The molecule has 3 rings (SSSR count). The van der Waals surface area contributed by atoms with E-state index in [9.17, 15) is 8.42 Å². The second kappa shape index (κ2) is 8.96. The van der Waals surface area contributed by atoms with Gasteiger partial charge in [-0.05, 0) is 31.4 Å². The number of rotatable bonds is 8. The first kappa shape index (κ1) is 19.3. The molecule has 1 aliphatic heterocycles. The molecule has 144 valence electrons. The highest BCUT2D eigenvalue weighted by Gasteiger charge is 2.15. The predicted molar refractivity (Wildman–Crippen MR) is 106 cm³/mol. The summed E-state index contributed by atoms with van der Waals surface area (Å²) in [5.41, 5.74) is 0.824. The maximum atomic E-state index is 12.0. The lowest BCUT2D eigenvalue weighted by Gasteiger charge is -2.17. The highest BCUT2D eigenvalue weighted by molar-refractivity contribution is 7.92. The van der Waals surface area contributed by atoms with Crippen LogP contribution in [0.15, 0.2) is 41.8 Å². The third kappa shape index (κ3) is 6.04. The van der Waals surface area contributed by atoms with Crippen LogP contribution in [-0.4, -0.2) is 44.6 Å². The molecule has 0 spiro atoms. The summed E-state index contributed by atoms with van der Waals surface area (Å²) in [4.78, 5) is 10.9. The molecule has 2 aromatic rings. The fourth-order valence-electron chi connectivity index (χ4n) is 2.83. The maximum absolute atomic E-state index is 12.0. The monoisotopic (exact) mass is 388 g/mol. The number of hydrogen-bond donors (Lipinski definition) is 1. The smallest absolute Gasteiger partial charge is 0.233 e. The molecule has 8 heteroatoms. The molecule has 27 heavy (non-hydrogen) atoms. The molecule has 0 saturated carbocycles. The van der Waals surface area contributed by atoms with E-state index in [1.54, 1.807) is 6.08 Å². The number of hydrogen-bond acceptors (Lipinski definition) is 6. The summed E-state index contributed by atoms with van der Waals surface area (Å²) in [5, 5.41) is 1.16. The highest BCUT2D eigenvalue weighted by atomic mass is 32.2. The highest BCUT2D eigenvalue weighted by Crippen LogP contribution is 2.21. The standard InChI is InChI=1S/C19H24N4O3S/c1-16-21-18(23-11-5-6-12-23)15-19(22-16)26-13-10-20-27(24,25)14-9-17-7-3-2-4-8-17/h2-4,7-9,14-15,20H,5-6,10-13H2,1H3. The van der Waals surface area contributed by atoms with Gasteiger partial charge in [-0.2, -0.15) is 4.98 Å². The molecule has 1 aliphatic rings. The van der Waals surface area contributed by atoms with Gasteiger partial charge in [-0.15, -0.1) is 0 Å². The minimum absolute atomic E-state index is 0.156. The molecule has 0 atom stereocenters. The molecule has 0 unspecified atom stereocenters. The van der Waals surface area contributed by atoms with Gasteiger partial charge in [0.2, 0.25) is 15.9 Å². The summed E-state index contributed by atoms with van der Waals surface area (Å²) in [6.45, 7) is 4.15. The first-order valence-corrected chi connectivity index (χ1v) is 10.5. The Bertz CT molecular complexity index is 879. The molecule has 1 aromatic heterocycles. The lowest BCUT2D eigenvalue weighted by molar-refractivity contribution is 0.309. The molecule has 1 saturated heterocycles. The summed E-state index contributed by atoms with van der Waals surface area (Å²) in [6.07, 6.45) is 3.88. The molecule has 0 radical (unpaired) electrons. The Balaban J connectivity index is 1.50. The van der Waals surface area contributed by atoms with Crippen molar-refractivity contribution in [3.63, 3.8) is 0 Å². The SMILES string of the molecule is Cc1nc(OCCNS(=O)(=O)C=Cc2ccccc2)cc(N2CCCC2)n1. The maximum Gasteiger partial charge on any atom is 0.233 e. The van der Waals surface area contributed by atoms with Gasteiger partial charge in [-0.1, -0.05) is 30.3 Å². The lowest BCUT2D eigenvalue weighted by atomic mass is 10.2. The van der Waals surface area contributed by atoms with Crippen LogP contribution in [0.1, 0.15) is 24.2 Å². The Morgan fingerprint density at radius 3 is 2.67 bits per heavy atom. The van der Waals surface area contributed by atoms with Crippen molar-refractivity contribution in [2.75, 3.05) is 31.1 Å². The first-order valence-electron chi connectivity index (χ1n) is 8.98. The van der Waals surface area contributed by atoms with Crippen LogP contribution >= 0.6 is 0 Å². The largest absolute Gasteiger partial charge is 0.476 e. The summed E-state index contributed by atoms with van der Waals surface area (Å²) in [7, 11) is -3.52. The third-order valence-corrected chi connectivity index (χ3v) is 5.23. The number of ether oxygens (including phenoxy) is 1. The van der Waals surface area contributed by atoms with Gasteiger partial charge in [0.1, 0.15) is 18.2 Å². The van der Waals surface area contributed by atoms with Gasteiger partial charge in [0.25, 0.3) is 0 Å². The van der Waals surface area contributed by atoms with Crippen molar-refractivity contribution in [3.05, 3.63) is 53.2 Å². The average Bonchev–Trinajstić information content (AvgIpc) is 3.19. The molecular formula is C19H24N4O3S. The number of benzene rings is 1. The van der Waals surface area contributed by atoms with Crippen LogP contribution in [0.25, 0.3) is 6.08 Å². The van der Waals surface area contributed by atoms with Crippen molar-refractivity contribution >= 4 is 21.9 Å². The normalized spacial score (nSPS) is 14.8. The Morgan fingerprint density at radius 2 is 1.93 bits per heavy atom. The summed E-state index contributed by atoms with van der Waals surface area (Å²) >= 11 is 0. The zero-order valence-corrected chi connectivity index (χ0v) is 16.2. The van der Waals surface area contributed by atoms with Crippen LogP contribution in [0.2, 0.25) is 0 Å². The van der Waals surface area contributed by atoms with Crippen LogP contribution in [0, 0.1) is 6.92 Å². The Morgan fingerprint density at radius 1 is 1.19 bits per heavy atom. The van der Waals surface area contributed by atoms with Gasteiger partial charge < -0.3 is 9.64 Å². The van der Waals surface area contributed by atoms with Crippen LogP contribution in [0.3, 0.4) is 0 Å². The number of sulfonamides is 1. The first-order chi connectivity index (χ1) is 13.0. The van der Waals surface area contributed by atoms with E-state index in [0.29, 0.717) is 11.7 Å². The fourth-order valence-corrected chi connectivity index (χ4v) is 3.63. The van der Waals surface area contributed by atoms with E-state index >= 15 is 0 Å². The van der Waals surface area contributed by atoms with Gasteiger partial charge in [0, 0.05) is 31.1 Å². The van der Waals surface area contributed by atoms with E-state index in [4.69, 9.17) is 4.74 Å². The summed E-state index contributed by atoms with van der Waals surface area (Å²) in [6, 6.07) is 11.1. The number of nitrogens with zero attached hydrogens (tertiary/aromatic N) is 3. The summed E-state index contributed by atoms with van der Waals surface area (Å²) in [5.74, 6) is 1.96.